The molecular weight excluding hydrogens is 366 g/mol. The van der Waals surface area contributed by atoms with Crippen LogP contribution in [0.2, 0.25) is 0 Å². The van der Waals surface area contributed by atoms with E-state index in [4.69, 9.17) is 4.98 Å². The van der Waals surface area contributed by atoms with Crippen LogP contribution in [0.3, 0.4) is 0 Å². The Labute approximate surface area is 171 Å². The van der Waals surface area contributed by atoms with Crippen LogP contribution in [0.15, 0.2) is 35.8 Å². The molecule has 4 rings (SSSR count). The van der Waals surface area contributed by atoms with Crippen molar-refractivity contribution in [3.05, 3.63) is 47.1 Å². The fourth-order valence-corrected chi connectivity index (χ4v) is 4.92. The lowest BCUT2D eigenvalue weighted by Gasteiger charge is -2.20. The van der Waals surface area contributed by atoms with Gasteiger partial charge in [-0.15, -0.1) is 11.3 Å². The second kappa shape index (κ2) is 8.91. The number of hydrogen-bond acceptors (Lipinski definition) is 3. The predicted octanol–water partition coefficient (Wildman–Crippen LogP) is 5.40. The van der Waals surface area contributed by atoms with E-state index < -0.39 is 0 Å². The van der Waals surface area contributed by atoms with E-state index in [9.17, 15) is 4.79 Å². The Bertz CT molecular complexity index is 917. The van der Waals surface area contributed by atoms with Gasteiger partial charge in [-0.05, 0) is 24.8 Å². The molecule has 1 N–H and O–H groups in total. The highest BCUT2D eigenvalue weighted by Crippen LogP contribution is 2.24. The minimum Gasteiger partial charge on any atom is -0.353 e. The molecule has 2 aromatic heterocycles. The Morgan fingerprint density at radius 3 is 2.57 bits per heavy atom. The zero-order valence-electron chi connectivity index (χ0n) is 16.6. The number of nitrogens with zero attached hydrogens (tertiary/aromatic N) is 2. The zero-order chi connectivity index (χ0) is 19.3. The molecule has 2 heterocycles. The van der Waals surface area contributed by atoms with Gasteiger partial charge >= 0.3 is 0 Å². The highest BCUT2D eigenvalue weighted by atomic mass is 32.1. The summed E-state index contributed by atoms with van der Waals surface area (Å²) in [5.41, 5.74) is 4.44. The summed E-state index contributed by atoms with van der Waals surface area (Å²) in [5.74, 6) is 0.132. The second-order valence-electron chi connectivity index (χ2n) is 7.84. The van der Waals surface area contributed by atoms with Gasteiger partial charge in [0.05, 0.1) is 12.1 Å². The lowest BCUT2D eigenvalue weighted by Crippen LogP contribution is -2.36. The van der Waals surface area contributed by atoms with Crippen molar-refractivity contribution < 1.29 is 4.79 Å². The summed E-state index contributed by atoms with van der Waals surface area (Å²) in [6, 6.07) is 8.92. The molecule has 0 spiro atoms. The summed E-state index contributed by atoms with van der Waals surface area (Å²) in [4.78, 5) is 18.3. The first kappa shape index (κ1) is 19.2. The Balaban J connectivity index is 1.45. The third-order valence-corrected chi connectivity index (χ3v) is 6.64. The van der Waals surface area contributed by atoms with Gasteiger partial charge in [0.25, 0.3) is 0 Å². The molecular formula is C23H29N3OS. The Morgan fingerprint density at radius 1 is 1.14 bits per heavy atom. The average Bonchev–Trinajstić information content (AvgIpc) is 3.26. The lowest BCUT2D eigenvalue weighted by atomic mass is 9.96. The molecule has 0 radical (unpaired) electrons. The number of carbonyl (C=O) groups excluding carboxylic acids is 1. The van der Waals surface area contributed by atoms with Crippen molar-refractivity contribution >= 4 is 22.2 Å². The van der Waals surface area contributed by atoms with Gasteiger partial charge < -0.3 is 5.32 Å². The molecule has 148 valence electrons. The maximum atomic E-state index is 12.6. The topological polar surface area (TPSA) is 46.4 Å². The first-order chi connectivity index (χ1) is 13.7. The number of rotatable bonds is 5. The van der Waals surface area contributed by atoms with E-state index in [0.717, 1.165) is 41.2 Å². The van der Waals surface area contributed by atoms with Crippen molar-refractivity contribution in [2.45, 2.75) is 70.8 Å². The standard InChI is InChI=1S/C23H29N3OS/c1-2-17-10-12-18(13-11-17)21-15-26-20(16-28-23(26)25-21)14-22(27)24-19-8-6-4-3-5-7-9-19/h10-13,15-16,19H,2-9,14H2,1H3,(H,24,27). The molecule has 0 saturated heterocycles. The molecule has 1 aromatic carbocycles. The fourth-order valence-electron chi connectivity index (χ4n) is 4.05. The quantitative estimate of drug-likeness (QED) is 0.629. The van der Waals surface area contributed by atoms with Gasteiger partial charge in [0.1, 0.15) is 0 Å². The molecule has 5 heteroatoms. The van der Waals surface area contributed by atoms with E-state index in [-0.39, 0.29) is 5.91 Å². The molecule has 1 amide bonds. The molecule has 1 aliphatic carbocycles. The van der Waals surface area contributed by atoms with Crippen LogP contribution < -0.4 is 5.32 Å². The van der Waals surface area contributed by atoms with Crippen LogP contribution in [-0.4, -0.2) is 21.3 Å². The summed E-state index contributed by atoms with van der Waals surface area (Å²) < 4.78 is 2.07. The molecule has 4 nitrogen and oxygen atoms in total. The molecule has 0 aliphatic heterocycles. The van der Waals surface area contributed by atoms with Gasteiger partial charge in [0.2, 0.25) is 5.91 Å². The van der Waals surface area contributed by atoms with Crippen molar-refractivity contribution in [3.8, 4) is 11.3 Å². The number of amides is 1. The Hall–Kier alpha value is -2.14. The molecule has 0 atom stereocenters. The van der Waals surface area contributed by atoms with E-state index in [1.807, 2.05) is 0 Å². The van der Waals surface area contributed by atoms with Gasteiger partial charge in [0.15, 0.2) is 4.96 Å². The van der Waals surface area contributed by atoms with Gasteiger partial charge in [-0.2, -0.15) is 0 Å². The van der Waals surface area contributed by atoms with Crippen molar-refractivity contribution in [1.82, 2.24) is 14.7 Å². The van der Waals surface area contributed by atoms with Gasteiger partial charge in [-0.3, -0.25) is 9.20 Å². The number of aryl methyl sites for hydroxylation is 1. The average molecular weight is 396 g/mol. The molecule has 0 bridgehead atoms. The first-order valence-electron chi connectivity index (χ1n) is 10.6. The van der Waals surface area contributed by atoms with Crippen LogP contribution in [-0.2, 0) is 17.6 Å². The monoisotopic (exact) mass is 395 g/mol. The number of thiazole rings is 1. The minimum atomic E-state index is 0.132. The number of carbonyl (C=O) groups is 1. The maximum absolute atomic E-state index is 12.6. The van der Waals surface area contributed by atoms with Crippen LogP contribution >= 0.6 is 11.3 Å². The Kier molecular flexibility index (Phi) is 6.10. The number of fused-ring (bicyclic) bond motifs is 1. The van der Waals surface area contributed by atoms with E-state index in [0.29, 0.717) is 12.5 Å². The number of benzene rings is 1. The van der Waals surface area contributed by atoms with Crippen LogP contribution in [0.1, 0.15) is 63.1 Å². The third kappa shape index (κ3) is 4.46. The molecule has 28 heavy (non-hydrogen) atoms. The van der Waals surface area contributed by atoms with E-state index in [1.54, 1.807) is 11.3 Å². The van der Waals surface area contributed by atoms with Crippen LogP contribution in [0.5, 0.6) is 0 Å². The minimum absolute atomic E-state index is 0.132. The van der Waals surface area contributed by atoms with E-state index in [1.165, 1.54) is 37.7 Å². The molecule has 1 fully saturated rings. The van der Waals surface area contributed by atoms with Crippen molar-refractivity contribution in [3.63, 3.8) is 0 Å². The number of nitrogens with one attached hydrogen (secondary N) is 1. The summed E-state index contributed by atoms with van der Waals surface area (Å²) in [5, 5.41) is 5.33. The summed E-state index contributed by atoms with van der Waals surface area (Å²) in [6.45, 7) is 2.16. The molecule has 1 saturated carbocycles. The number of aromatic nitrogens is 2. The first-order valence-corrected chi connectivity index (χ1v) is 11.4. The predicted molar refractivity (Wildman–Crippen MR) is 116 cm³/mol. The number of imidazole rings is 1. The summed E-state index contributed by atoms with van der Waals surface area (Å²) in [6.07, 6.45) is 12.2. The Morgan fingerprint density at radius 2 is 1.86 bits per heavy atom. The highest BCUT2D eigenvalue weighted by molar-refractivity contribution is 7.15. The number of hydrogen-bond donors (Lipinski definition) is 1. The van der Waals surface area contributed by atoms with Gasteiger partial charge in [-0.1, -0.05) is 63.3 Å². The van der Waals surface area contributed by atoms with E-state index in [2.05, 4.69) is 52.5 Å². The van der Waals surface area contributed by atoms with E-state index >= 15 is 0 Å². The lowest BCUT2D eigenvalue weighted by molar-refractivity contribution is -0.121. The van der Waals surface area contributed by atoms with Crippen molar-refractivity contribution in [1.29, 1.82) is 0 Å². The fraction of sp³-hybridized carbons (Fsp3) is 0.478. The SMILES string of the molecule is CCc1ccc(-c2cn3c(CC(=O)NC4CCCCCCC4)csc3n2)cc1. The molecule has 3 aromatic rings. The summed E-state index contributed by atoms with van der Waals surface area (Å²) in [7, 11) is 0. The van der Waals surface area contributed by atoms with Crippen molar-refractivity contribution in [2.75, 3.05) is 0 Å². The third-order valence-electron chi connectivity index (χ3n) is 5.75. The summed E-state index contributed by atoms with van der Waals surface area (Å²) >= 11 is 1.60. The van der Waals surface area contributed by atoms with Crippen molar-refractivity contribution in [2.24, 2.45) is 0 Å². The van der Waals surface area contributed by atoms with Gasteiger partial charge in [-0.25, -0.2) is 4.98 Å². The smallest absolute Gasteiger partial charge is 0.226 e. The van der Waals surface area contributed by atoms with Crippen LogP contribution in [0.4, 0.5) is 0 Å². The zero-order valence-corrected chi connectivity index (χ0v) is 17.4. The van der Waals surface area contributed by atoms with Crippen LogP contribution in [0.25, 0.3) is 16.2 Å². The normalized spacial score (nSPS) is 16.0. The molecule has 1 aliphatic rings. The van der Waals surface area contributed by atoms with Crippen LogP contribution in [0, 0.1) is 0 Å². The largest absolute Gasteiger partial charge is 0.353 e. The van der Waals surface area contributed by atoms with Gasteiger partial charge in [0, 0.05) is 28.9 Å². The second-order valence-corrected chi connectivity index (χ2v) is 8.68. The highest BCUT2D eigenvalue weighted by Gasteiger charge is 2.17. The molecule has 0 unspecified atom stereocenters. The maximum Gasteiger partial charge on any atom is 0.226 e.